The van der Waals surface area contributed by atoms with Gasteiger partial charge in [0.2, 0.25) is 0 Å². The average molecular weight is 256 g/mol. The third-order valence-corrected chi connectivity index (χ3v) is 2.23. The van der Waals surface area contributed by atoms with Crippen LogP contribution in [-0.2, 0) is 10.1 Å². The molecule has 0 saturated carbocycles. The third-order valence-electron chi connectivity index (χ3n) is 1.41. The number of nitro groups is 1. The number of nitro benzene ring substituents is 1. The molecule has 0 radical (unpaired) electrons. The SMILES string of the molecule is Nc1cc([N+](=O)[O-])cc(S(=O)(=O)[O-])c1.[K+]. The first-order chi connectivity index (χ1) is 6.30. The van der Waals surface area contributed by atoms with Gasteiger partial charge in [-0.1, -0.05) is 0 Å². The minimum Gasteiger partial charge on any atom is -0.744 e. The van der Waals surface area contributed by atoms with Crippen molar-refractivity contribution in [3.05, 3.63) is 28.3 Å². The Hall–Kier alpha value is -0.0336. The van der Waals surface area contributed by atoms with Gasteiger partial charge in [0.25, 0.3) is 5.69 Å². The molecule has 15 heavy (non-hydrogen) atoms. The van der Waals surface area contributed by atoms with Crippen molar-refractivity contribution in [2.75, 3.05) is 5.73 Å². The fourth-order valence-corrected chi connectivity index (χ4v) is 1.40. The topological polar surface area (TPSA) is 126 Å². The first-order valence-corrected chi connectivity index (χ1v) is 4.72. The van der Waals surface area contributed by atoms with Gasteiger partial charge in [0.05, 0.1) is 9.82 Å². The molecule has 0 atom stereocenters. The Morgan fingerprint density at radius 2 is 1.80 bits per heavy atom. The van der Waals surface area contributed by atoms with Crippen LogP contribution in [0.2, 0.25) is 0 Å². The summed E-state index contributed by atoms with van der Waals surface area (Å²) < 4.78 is 31.6. The van der Waals surface area contributed by atoms with E-state index < -0.39 is 25.6 Å². The summed E-state index contributed by atoms with van der Waals surface area (Å²) in [6.07, 6.45) is 0. The zero-order valence-corrected chi connectivity index (χ0v) is 11.6. The normalized spacial score (nSPS) is 10.5. The van der Waals surface area contributed by atoms with Gasteiger partial charge >= 0.3 is 51.4 Å². The zero-order valence-electron chi connectivity index (χ0n) is 7.71. The summed E-state index contributed by atoms with van der Waals surface area (Å²) in [6, 6.07) is 2.50. The van der Waals surface area contributed by atoms with Crippen molar-refractivity contribution in [1.82, 2.24) is 0 Å². The van der Waals surface area contributed by atoms with Crippen LogP contribution in [0, 0.1) is 10.1 Å². The molecule has 1 aromatic rings. The van der Waals surface area contributed by atoms with Crippen molar-refractivity contribution in [3.63, 3.8) is 0 Å². The number of nitrogens with two attached hydrogens (primary N) is 1. The molecule has 0 heterocycles. The van der Waals surface area contributed by atoms with Gasteiger partial charge in [-0.15, -0.1) is 0 Å². The summed E-state index contributed by atoms with van der Waals surface area (Å²) in [5, 5.41) is 10.3. The zero-order chi connectivity index (χ0) is 10.9. The second kappa shape index (κ2) is 5.34. The standard InChI is InChI=1S/C6H6N2O5S.K/c7-4-1-5(8(9)10)3-6(2-4)14(11,12)13;/h1-3H,7H2,(H,11,12,13);/q;+1/p-1. The Balaban J connectivity index is 0.00000196. The van der Waals surface area contributed by atoms with E-state index in [4.69, 9.17) is 5.73 Å². The predicted octanol–water partition coefficient (Wildman–Crippen LogP) is -2.91. The molecule has 0 amide bonds. The van der Waals surface area contributed by atoms with Crippen molar-refractivity contribution in [2.24, 2.45) is 0 Å². The van der Waals surface area contributed by atoms with Gasteiger partial charge in [-0.05, 0) is 6.07 Å². The number of nitrogens with zero attached hydrogens (tertiary/aromatic N) is 1. The molecule has 0 aliphatic heterocycles. The Morgan fingerprint density at radius 3 is 2.20 bits per heavy atom. The molecule has 9 heteroatoms. The summed E-state index contributed by atoms with van der Waals surface area (Å²) in [5.74, 6) is 0. The number of rotatable bonds is 2. The van der Waals surface area contributed by atoms with Gasteiger partial charge in [0, 0.05) is 17.8 Å². The van der Waals surface area contributed by atoms with Crippen LogP contribution in [0.1, 0.15) is 0 Å². The largest absolute Gasteiger partial charge is 1.00 e. The molecular weight excluding hydrogens is 251 g/mol. The molecule has 0 saturated heterocycles. The summed E-state index contributed by atoms with van der Waals surface area (Å²) in [4.78, 5) is 8.75. The maximum absolute atomic E-state index is 10.5. The maximum atomic E-state index is 10.5. The van der Waals surface area contributed by atoms with Gasteiger partial charge in [-0.2, -0.15) is 0 Å². The molecule has 0 fully saturated rings. The van der Waals surface area contributed by atoms with Gasteiger partial charge in [-0.25, -0.2) is 8.42 Å². The predicted molar refractivity (Wildman–Crippen MR) is 45.5 cm³/mol. The Morgan fingerprint density at radius 1 is 1.27 bits per heavy atom. The molecule has 0 aliphatic rings. The Bertz CT molecular complexity index is 486. The van der Waals surface area contributed by atoms with Crippen LogP contribution in [0.4, 0.5) is 11.4 Å². The summed E-state index contributed by atoms with van der Waals surface area (Å²) in [6.45, 7) is 0. The van der Waals surface area contributed by atoms with Crippen molar-refractivity contribution in [3.8, 4) is 0 Å². The van der Waals surface area contributed by atoms with E-state index in [-0.39, 0.29) is 57.1 Å². The number of benzene rings is 1. The van der Waals surface area contributed by atoms with Gasteiger partial charge in [0.1, 0.15) is 10.1 Å². The molecule has 2 N–H and O–H groups in total. The summed E-state index contributed by atoms with van der Waals surface area (Å²) in [5.41, 5.74) is 4.51. The van der Waals surface area contributed by atoms with E-state index >= 15 is 0 Å². The molecule has 0 aliphatic carbocycles. The average Bonchev–Trinajstić information content (AvgIpc) is 2.01. The van der Waals surface area contributed by atoms with Crippen LogP contribution in [0.5, 0.6) is 0 Å². The molecular formula is C6H5KN2O5S. The van der Waals surface area contributed by atoms with Crippen molar-refractivity contribution in [1.29, 1.82) is 0 Å². The Kier molecular flexibility index (Phi) is 5.33. The van der Waals surface area contributed by atoms with Crippen molar-refractivity contribution >= 4 is 21.5 Å². The van der Waals surface area contributed by atoms with Gasteiger partial charge < -0.3 is 10.3 Å². The van der Waals surface area contributed by atoms with Crippen LogP contribution in [0.25, 0.3) is 0 Å². The van der Waals surface area contributed by atoms with E-state index in [1.165, 1.54) is 0 Å². The molecule has 1 aromatic carbocycles. The van der Waals surface area contributed by atoms with Crippen molar-refractivity contribution in [2.45, 2.75) is 4.90 Å². The molecule has 0 bridgehead atoms. The number of hydrogen-bond donors (Lipinski definition) is 1. The number of non-ortho nitro benzene ring substituents is 1. The first kappa shape index (κ1) is 15.0. The smallest absolute Gasteiger partial charge is 0.744 e. The maximum Gasteiger partial charge on any atom is 1.00 e. The van der Waals surface area contributed by atoms with Crippen LogP contribution < -0.4 is 57.1 Å². The Labute approximate surface area is 128 Å². The second-order valence-electron chi connectivity index (χ2n) is 2.47. The van der Waals surface area contributed by atoms with E-state index in [1.807, 2.05) is 0 Å². The summed E-state index contributed by atoms with van der Waals surface area (Å²) >= 11 is 0. The quantitative estimate of drug-likeness (QED) is 0.199. The van der Waals surface area contributed by atoms with Crippen LogP contribution >= 0.6 is 0 Å². The third kappa shape index (κ3) is 4.14. The van der Waals surface area contributed by atoms with Crippen LogP contribution in [-0.4, -0.2) is 17.9 Å². The number of nitrogen functional groups attached to an aromatic ring is 1. The van der Waals surface area contributed by atoms with Crippen LogP contribution in [0.3, 0.4) is 0 Å². The van der Waals surface area contributed by atoms with Crippen molar-refractivity contribution < 1.29 is 69.3 Å². The molecule has 0 spiro atoms. The van der Waals surface area contributed by atoms with E-state index in [2.05, 4.69) is 0 Å². The molecule has 76 valence electrons. The van der Waals surface area contributed by atoms with E-state index in [0.29, 0.717) is 6.07 Å². The van der Waals surface area contributed by atoms with E-state index in [9.17, 15) is 23.1 Å². The van der Waals surface area contributed by atoms with E-state index in [0.717, 1.165) is 12.1 Å². The molecule has 0 aromatic heterocycles. The monoisotopic (exact) mass is 256 g/mol. The number of hydrogen-bond acceptors (Lipinski definition) is 6. The number of anilines is 1. The van der Waals surface area contributed by atoms with E-state index in [1.54, 1.807) is 0 Å². The fourth-order valence-electron chi connectivity index (χ4n) is 0.856. The minimum atomic E-state index is -4.72. The first-order valence-electron chi connectivity index (χ1n) is 3.31. The van der Waals surface area contributed by atoms with Gasteiger partial charge in [-0.3, -0.25) is 10.1 Å². The van der Waals surface area contributed by atoms with Crippen LogP contribution in [0.15, 0.2) is 23.1 Å². The molecule has 7 nitrogen and oxygen atoms in total. The summed E-state index contributed by atoms with van der Waals surface area (Å²) in [7, 11) is -4.72. The second-order valence-corrected chi connectivity index (χ2v) is 3.85. The molecule has 1 rings (SSSR count). The van der Waals surface area contributed by atoms with Gasteiger partial charge in [0.15, 0.2) is 0 Å². The minimum absolute atomic E-state index is 0. The molecule has 0 unspecified atom stereocenters. The fraction of sp³-hybridized carbons (Fsp3) is 0.